The van der Waals surface area contributed by atoms with Crippen molar-refractivity contribution in [1.29, 1.82) is 0 Å². The molecule has 0 fully saturated rings. The molecule has 0 saturated heterocycles. The van der Waals surface area contributed by atoms with Crippen LogP contribution in [0.4, 0.5) is 0 Å². The third kappa shape index (κ3) is 2.63. The second-order valence-corrected chi connectivity index (χ2v) is 5.91. The first-order valence-corrected chi connectivity index (χ1v) is 7.56. The van der Waals surface area contributed by atoms with Gasteiger partial charge in [-0.2, -0.15) is 5.10 Å². The lowest BCUT2D eigenvalue weighted by atomic mass is 10.2. The van der Waals surface area contributed by atoms with Gasteiger partial charge in [0.05, 0.1) is 23.0 Å². The quantitative estimate of drug-likeness (QED) is 0.620. The number of hydrogen-bond donors (Lipinski definition) is 3. The van der Waals surface area contributed by atoms with Crippen LogP contribution in [0, 0.1) is 0 Å². The Hall–Kier alpha value is -3.14. The minimum atomic E-state index is -1.38. The van der Waals surface area contributed by atoms with E-state index in [1.807, 2.05) is 0 Å². The maximum atomic E-state index is 12.3. The Labute approximate surface area is 137 Å². The average molecular weight is 349 g/mol. The molecule has 0 aliphatic carbocycles. The molecule has 0 aliphatic heterocycles. The smallest absolute Gasteiger partial charge is 0.341 e. The first kappa shape index (κ1) is 15.7. The highest BCUT2D eigenvalue weighted by molar-refractivity contribution is 7.17. The maximum absolute atomic E-state index is 12.3. The minimum Gasteiger partial charge on any atom is -0.502 e. The maximum Gasteiger partial charge on any atom is 0.341 e. The molecule has 9 nitrogen and oxygen atoms in total. The van der Waals surface area contributed by atoms with E-state index < -0.39 is 28.8 Å². The van der Waals surface area contributed by atoms with Crippen LogP contribution in [0.3, 0.4) is 0 Å². The Morgan fingerprint density at radius 2 is 2.04 bits per heavy atom. The van der Waals surface area contributed by atoms with E-state index in [-0.39, 0.29) is 17.8 Å². The molecule has 0 unspecified atom stereocenters. The van der Waals surface area contributed by atoms with Gasteiger partial charge in [-0.15, -0.1) is 11.3 Å². The molecular weight excluding hydrogens is 338 g/mol. The molecule has 0 aromatic carbocycles. The van der Waals surface area contributed by atoms with Crippen molar-refractivity contribution in [3.05, 3.63) is 45.3 Å². The second-order valence-electron chi connectivity index (χ2n) is 4.99. The van der Waals surface area contributed by atoms with E-state index in [4.69, 9.17) is 5.11 Å². The van der Waals surface area contributed by atoms with Crippen molar-refractivity contribution in [2.75, 3.05) is 0 Å². The average Bonchev–Trinajstić information content (AvgIpc) is 3.12. The fourth-order valence-corrected chi connectivity index (χ4v) is 3.34. The van der Waals surface area contributed by atoms with E-state index in [9.17, 15) is 24.6 Å². The zero-order chi connectivity index (χ0) is 17.4. The number of aromatic carboxylic acids is 1. The van der Waals surface area contributed by atoms with Crippen LogP contribution in [0.5, 0.6) is 5.75 Å². The molecule has 0 bridgehead atoms. The van der Waals surface area contributed by atoms with Gasteiger partial charge in [-0.1, -0.05) is 0 Å². The van der Waals surface area contributed by atoms with E-state index >= 15 is 0 Å². The van der Waals surface area contributed by atoms with Crippen LogP contribution in [0.25, 0.3) is 10.2 Å². The molecule has 0 atom stereocenters. The summed E-state index contributed by atoms with van der Waals surface area (Å²) in [7, 11) is 0. The minimum absolute atomic E-state index is 0.0269. The van der Waals surface area contributed by atoms with Crippen molar-refractivity contribution in [3.63, 3.8) is 0 Å². The Balaban J connectivity index is 2.09. The van der Waals surface area contributed by atoms with Gasteiger partial charge in [0, 0.05) is 11.8 Å². The summed E-state index contributed by atoms with van der Waals surface area (Å²) in [5.74, 6) is -3.25. The summed E-state index contributed by atoms with van der Waals surface area (Å²) in [4.78, 5) is 34.3. The molecule has 3 rings (SSSR count). The monoisotopic (exact) mass is 349 g/mol. The van der Waals surface area contributed by atoms with Crippen LogP contribution in [0.15, 0.2) is 28.6 Å². The van der Waals surface area contributed by atoms with Gasteiger partial charge in [0.25, 0.3) is 5.56 Å². The molecule has 3 aromatic heterocycles. The number of hydrogen-bond acceptors (Lipinski definition) is 6. The fraction of sp³-hybridized carbons (Fsp3) is 0.143. The molecule has 0 spiro atoms. The van der Waals surface area contributed by atoms with Gasteiger partial charge in [-0.3, -0.25) is 18.8 Å². The van der Waals surface area contributed by atoms with Crippen molar-refractivity contribution >= 4 is 33.5 Å². The fourth-order valence-electron chi connectivity index (χ4n) is 2.40. The van der Waals surface area contributed by atoms with Crippen LogP contribution < -0.4 is 5.56 Å². The molecule has 3 heterocycles. The Bertz CT molecular complexity index is 1020. The molecular formula is C14H11N3O6S. The van der Waals surface area contributed by atoms with Gasteiger partial charge in [0.15, 0.2) is 5.75 Å². The van der Waals surface area contributed by atoms with Gasteiger partial charge in [-0.25, -0.2) is 4.79 Å². The van der Waals surface area contributed by atoms with Crippen LogP contribution in [-0.4, -0.2) is 41.6 Å². The number of fused-ring (bicyclic) bond motifs is 1. The molecule has 3 aromatic rings. The lowest BCUT2D eigenvalue weighted by Crippen LogP contribution is -2.22. The molecule has 3 N–H and O–H groups in total. The largest absolute Gasteiger partial charge is 0.502 e. The third-order valence-electron chi connectivity index (χ3n) is 3.39. The van der Waals surface area contributed by atoms with E-state index in [0.29, 0.717) is 11.1 Å². The summed E-state index contributed by atoms with van der Waals surface area (Å²) in [6.45, 7) is -0.287. The number of pyridine rings is 1. The number of rotatable bonds is 5. The van der Waals surface area contributed by atoms with Crippen molar-refractivity contribution < 1.29 is 24.9 Å². The highest BCUT2D eigenvalue weighted by atomic mass is 32.1. The van der Waals surface area contributed by atoms with Gasteiger partial charge in [-0.05, 0) is 11.4 Å². The summed E-state index contributed by atoms with van der Waals surface area (Å²) >= 11 is 1.10. The summed E-state index contributed by atoms with van der Waals surface area (Å²) < 4.78 is 2.73. The van der Waals surface area contributed by atoms with Gasteiger partial charge >= 0.3 is 11.9 Å². The molecule has 0 amide bonds. The Morgan fingerprint density at radius 1 is 1.29 bits per heavy atom. The van der Waals surface area contributed by atoms with E-state index in [1.54, 1.807) is 11.4 Å². The predicted octanol–water partition coefficient (Wildman–Crippen LogP) is 0.796. The van der Waals surface area contributed by atoms with Crippen LogP contribution in [0.1, 0.15) is 15.9 Å². The number of aromatic nitrogens is 3. The first-order chi connectivity index (χ1) is 11.4. The highest BCUT2D eigenvalue weighted by Crippen LogP contribution is 2.29. The second kappa shape index (κ2) is 5.81. The number of aromatic hydroxyl groups is 1. The lowest BCUT2D eigenvalue weighted by Gasteiger charge is -2.09. The van der Waals surface area contributed by atoms with E-state index in [2.05, 4.69) is 5.10 Å². The predicted molar refractivity (Wildman–Crippen MR) is 83.7 cm³/mol. The molecule has 0 saturated carbocycles. The summed E-state index contributed by atoms with van der Waals surface area (Å²) in [5.41, 5.74) is -0.313. The molecule has 0 aliphatic rings. The van der Waals surface area contributed by atoms with Crippen LogP contribution in [-0.2, 0) is 17.9 Å². The number of carbonyl (C=O) groups is 2. The highest BCUT2D eigenvalue weighted by Gasteiger charge is 2.22. The number of aliphatic carboxylic acids is 1. The molecule has 10 heteroatoms. The van der Waals surface area contributed by atoms with Crippen molar-refractivity contribution in [2.45, 2.75) is 13.1 Å². The first-order valence-electron chi connectivity index (χ1n) is 6.68. The molecule has 0 radical (unpaired) electrons. The number of carboxylic acids is 2. The lowest BCUT2D eigenvalue weighted by molar-refractivity contribution is -0.137. The number of nitrogens with zero attached hydrogens (tertiary/aromatic N) is 3. The normalized spacial score (nSPS) is 11.0. The van der Waals surface area contributed by atoms with E-state index in [1.165, 1.54) is 21.6 Å². The van der Waals surface area contributed by atoms with Gasteiger partial charge in [0.1, 0.15) is 12.1 Å². The van der Waals surface area contributed by atoms with Crippen LogP contribution in [0.2, 0.25) is 0 Å². The Morgan fingerprint density at radius 3 is 2.71 bits per heavy atom. The van der Waals surface area contributed by atoms with Crippen molar-refractivity contribution in [3.8, 4) is 5.75 Å². The molecule has 24 heavy (non-hydrogen) atoms. The number of thiophene rings is 1. The van der Waals surface area contributed by atoms with E-state index in [0.717, 1.165) is 11.3 Å². The number of carboxylic acid groups (broad SMARTS) is 2. The summed E-state index contributed by atoms with van der Waals surface area (Å²) in [6.07, 6.45) is 2.89. The zero-order valence-corrected chi connectivity index (χ0v) is 12.9. The molecule has 124 valence electrons. The standard InChI is InChI=1S/C14H11N3O6S/c18-9(19)6-16-4-7(3-15-16)5-17-8-1-2-24-12(8)10(14(22)23)11(20)13(17)21/h1-4,20H,5-6H2,(H,18,19)(H,22,23). The Kier molecular flexibility index (Phi) is 3.81. The van der Waals surface area contributed by atoms with Crippen LogP contribution >= 0.6 is 11.3 Å². The van der Waals surface area contributed by atoms with Gasteiger partial charge in [0.2, 0.25) is 0 Å². The zero-order valence-electron chi connectivity index (χ0n) is 12.0. The van der Waals surface area contributed by atoms with Crippen molar-refractivity contribution in [2.24, 2.45) is 0 Å². The van der Waals surface area contributed by atoms with Gasteiger partial charge < -0.3 is 15.3 Å². The van der Waals surface area contributed by atoms with Crippen molar-refractivity contribution in [1.82, 2.24) is 14.3 Å². The SMILES string of the molecule is O=C(O)Cn1cc(Cn2c(=O)c(O)c(C(=O)O)c3sccc32)cn1. The summed E-state index contributed by atoms with van der Waals surface area (Å²) in [6, 6.07) is 1.59. The summed E-state index contributed by atoms with van der Waals surface area (Å²) in [5, 5.41) is 33.4. The third-order valence-corrected chi connectivity index (χ3v) is 4.31. The topological polar surface area (TPSA) is 135 Å².